The Morgan fingerprint density at radius 1 is 0.704 bits per heavy atom. The van der Waals surface area contributed by atoms with Crippen molar-refractivity contribution in [3.63, 3.8) is 0 Å². The number of rotatable bonds is 6. The van der Waals surface area contributed by atoms with Gasteiger partial charge in [-0.2, -0.15) is 10.2 Å². The molecule has 0 N–H and O–H groups in total. The van der Waals surface area contributed by atoms with Crippen molar-refractivity contribution in [2.24, 2.45) is 0 Å². The van der Waals surface area contributed by atoms with Crippen molar-refractivity contribution in [1.82, 2.24) is 19.6 Å². The maximum absolute atomic E-state index is 5.28. The van der Waals surface area contributed by atoms with E-state index in [1.165, 1.54) is 0 Å². The van der Waals surface area contributed by atoms with Crippen LogP contribution in [0.2, 0.25) is 0 Å². The molecule has 6 nitrogen and oxygen atoms in total. The summed E-state index contributed by atoms with van der Waals surface area (Å²) in [6, 6.07) is 19.7. The van der Waals surface area contributed by atoms with Crippen molar-refractivity contribution in [2.45, 2.75) is 6.67 Å². The lowest BCUT2D eigenvalue weighted by atomic mass is 10.1. The minimum atomic E-state index is 0.536. The third kappa shape index (κ3) is 3.69. The summed E-state index contributed by atoms with van der Waals surface area (Å²) in [5.74, 6) is 1.63. The molecule has 6 heteroatoms. The molecule has 0 spiro atoms. The van der Waals surface area contributed by atoms with Gasteiger partial charge in [0.2, 0.25) is 0 Å². The van der Waals surface area contributed by atoms with E-state index in [1.807, 2.05) is 82.4 Å². The van der Waals surface area contributed by atoms with Crippen LogP contribution in [0.5, 0.6) is 11.5 Å². The van der Waals surface area contributed by atoms with Crippen molar-refractivity contribution < 1.29 is 9.47 Å². The Morgan fingerprint density at radius 2 is 1.19 bits per heavy atom. The van der Waals surface area contributed by atoms with Gasteiger partial charge in [-0.05, 0) is 36.4 Å². The number of benzene rings is 2. The number of methoxy groups -OCH3 is 2. The fourth-order valence-electron chi connectivity index (χ4n) is 2.90. The highest BCUT2D eigenvalue weighted by Crippen LogP contribution is 2.23. The van der Waals surface area contributed by atoms with Gasteiger partial charge in [0.05, 0.1) is 25.6 Å². The van der Waals surface area contributed by atoms with E-state index >= 15 is 0 Å². The lowest BCUT2D eigenvalue weighted by molar-refractivity contribution is 0.415. The molecule has 0 aliphatic heterocycles. The van der Waals surface area contributed by atoms with Gasteiger partial charge in [-0.3, -0.25) is 9.36 Å². The van der Waals surface area contributed by atoms with E-state index in [1.54, 1.807) is 14.2 Å². The molecule has 0 bridgehead atoms. The van der Waals surface area contributed by atoms with Gasteiger partial charge in [0, 0.05) is 23.5 Å². The van der Waals surface area contributed by atoms with Gasteiger partial charge in [0.15, 0.2) is 0 Å². The molecular formula is C21H20N4O2. The molecule has 0 aliphatic rings. The summed E-state index contributed by atoms with van der Waals surface area (Å²) in [5, 5.41) is 9.28. The third-order valence-electron chi connectivity index (χ3n) is 4.30. The summed E-state index contributed by atoms with van der Waals surface area (Å²) in [5.41, 5.74) is 3.83. The molecular weight excluding hydrogens is 340 g/mol. The lowest BCUT2D eigenvalue weighted by Gasteiger charge is -2.04. The lowest BCUT2D eigenvalue weighted by Crippen LogP contribution is -2.09. The Morgan fingerprint density at radius 3 is 1.63 bits per heavy atom. The zero-order valence-electron chi connectivity index (χ0n) is 15.2. The van der Waals surface area contributed by atoms with E-state index in [4.69, 9.17) is 9.47 Å². The largest absolute Gasteiger partial charge is 0.497 e. The molecule has 0 fully saturated rings. The first-order valence-electron chi connectivity index (χ1n) is 8.61. The first kappa shape index (κ1) is 16.9. The van der Waals surface area contributed by atoms with Gasteiger partial charge in [0.25, 0.3) is 0 Å². The highest BCUT2D eigenvalue weighted by Gasteiger charge is 2.07. The summed E-state index contributed by atoms with van der Waals surface area (Å²) >= 11 is 0. The second-order valence-electron chi connectivity index (χ2n) is 6.09. The van der Waals surface area contributed by atoms with Crippen LogP contribution in [0.15, 0.2) is 73.1 Å². The van der Waals surface area contributed by atoms with Crippen LogP contribution in [0.3, 0.4) is 0 Å². The van der Waals surface area contributed by atoms with E-state index in [9.17, 15) is 0 Å². The third-order valence-corrected chi connectivity index (χ3v) is 4.30. The standard InChI is InChI=1S/C21H20N4O2/c1-26-18-7-3-5-16(13-18)20-9-11-24(22-20)15-25-12-10-21(23-25)17-6-4-8-19(14-17)27-2/h3-14H,15H2,1-2H3. The van der Waals surface area contributed by atoms with Crippen LogP contribution in [0, 0.1) is 0 Å². The average Bonchev–Trinajstić information content (AvgIpc) is 3.38. The molecule has 0 aliphatic carbocycles. The Balaban J connectivity index is 1.52. The molecule has 2 aromatic heterocycles. The van der Waals surface area contributed by atoms with Crippen molar-refractivity contribution in [2.75, 3.05) is 14.2 Å². The van der Waals surface area contributed by atoms with E-state index in [2.05, 4.69) is 10.2 Å². The SMILES string of the molecule is COc1cccc(-c2ccn(Cn3ccc(-c4cccc(OC)c4)n3)n2)c1. The minimum Gasteiger partial charge on any atom is -0.497 e. The fourth-order valence-corrected chi connectivity index (χ4v) is 2.90. The minimum absolute atomic E-state index is 0.536. The number of nitrogens with zero attached hydrogens (tertiary/aromatic N) is 4. The van der Waals surface area contributed by atoms with Gasteiger partial charge in [-0.1, -0.05) is 24.3 Å². The van der Waals surface area contributed by atoms with Crippen molar-refractivity contribution >= 4 is 0 Å². The monoisotopic (exact) mass is 360 g/mol. The molecule has 0 radical (unpaired) electrons. The maximum Gasteiger partial charge on any atom is 0.133 e. The molecule has 0 saturated carbocycles. The van der Waals surface area contributed by atoms with E-state index in [0.717, 1.165) is 34.0 Å². The van der Waals surface area contributed by atoms with Crippen molar-refractivity contribution in [3.05, 3.63) is 73.1 Å². The van der Waals surface area contributed by atoms with Crippen LogP contribution in [0.4, 0.5) is 0 Å². The van der Waals surface area contributed by atoms with Gasteiger partial charge in [0.1, 0.15) is 18.2 Å². The summed E-state index contributed by atoms with van der Waals surface area (Å²) in [4.78, 5) is 0. The van der Waals surface area contributed by atoms with Gasteiger partial charge >= 0.3 is 0 Å². The maximum atomic E-state index is 5.28. The Bertz CT molecular complexity index is 968. The Kier molecular flexibility index (Phi) is 4.61. The number of hydrogen-bond donors (Lipinski definition) is 0. The van der Waals surface area contributed by atoms with Crippen LogP contribution in [0.1, 0.15) is 0 Å². The molecule has 0 unspecified atom stereocenters. The predicted octanol–water partition coefficient (Wildman–Crippen LogP) is 3.94. The first-order chi connectivity index (χ1) is 13.2. The van der Waals surface area contributed by atoms with Crippen LogP contribution in [0.25, 0.3) is 22.5 Å². The molecule has 27 heavy (non-hydrogen) atoms. The quantitative estimate of drug-likeness (QED) is 0.523. The van der Waals surface area contributed by atoms with Crippen LogP contribution in [-0.2, 0) is 6.67 Å². The Hall–Kier alpha value is -3.54. The molecule has 136 valence electrons. The predicted molar refractivity (Wildman–Crippen MR) is 104 cm³/mol. The van der Waals surface area contributed by atoms with Crippen molar-refractivity contribution in [3.8, 4) is 34.0 Å². The smallest absolute Gasteiger partial charge is 0.133 e. The topological polar surface area (TPSA) is 54.1 Å². The van der Waals surface area contributed by atoms with E-state index < -0.39 is 0 Å². The molecule has 2 aromatic carbocycles. The van der Waals surface area contributed by atoms with Crippen molar-refractivity contribution in [1.29, 1.82) is 0 Å². The molecule has 4 aromatic rings. The molecule has 0 atom stereocenters. The summed E-state index contributed by atoms with van der Waals surface area (Å²) in [6.07, 6.45) is 3.89. The average molecular weight is 360 g/mol. The molecule has 4 rings (SSSR count). The summed E-state index contributed by atoms with van der Waals surface area (Å²) < 4.78 is 14.3. The Labute approximate surface area is 157 Å². The number of ether oxygens (including phenoxy) is 2. The second kappa shape index (κ2) is 7.37. The van der Waals surface area contributed by atoms with E-state index in [-0.39, 0.29) is 0 Å². The molecule has 0 amide bonds. The van der Waals surface area contributed by atoms with Crippen LogP contribution >= 0.6 is 0 Å². The zero-order valence-corrected chi connectivity index (χ0v) is 15.2. The molecule has 0 saturated heterocycles. The zero-order chi connectivity index (χ0) is 18.6. The summed E-state index contributed by atoms with van der Waals surface area (Å²) in [6.45, 7) is 0.536. The van der Waals surface area contributed by atoms with Gasteiger partial charge in [-0.15, -0.1) is 0 Å². The second-order valence-corrected chi connectivity index (χ2v) is 6.09. The van der Waals surface area contributed by atoms with Gasteiger partial charge < -0.3 is 9.47 Å². The number of hydrogen-bond acceptors (Lipinski definition) is 4. The summed E-state index contributed by atoms with van der Waals surface area (Å²) in [7, 11) is 3.32. The highest BCUT2D eigenvalue weighted by molar-refractivity contribution is 5.61. The van der Waals surface area contributed by atoms with Crippen LogP contribution in [-0.4, -0.2) is 33.8 Å². The highest BCUT2D eigenvalue weighted by atomic mass is 16.5. The normalized spacial score (nSPS) is 10.7. The van der Waals surface area contributed by atoms with Crippen LogP contribution < -0.4 is 9.47 Å². The first-order valence-corrected chi connectivity index (χ1v) is 8.61. The van der Waals surface area contributed by atoms with Gasteiger partial charge in [-0.25, -0.2) is 0 Å². The number of aromatic nitrogens is 4. The fraction of sp³-hybridized carbons (Fsp3) is 0.143. The molecule has 2 heterocycles. The van der Waals surface area contributed by atoms with E-state index in [0.29, 0.717) is 6.67 Å².